The summed E-state index contributed by atoms with van der Waals surface area (Å²) >= 11 is 0. The Morgan fingerprint density at radius 1 is 1.40 bits per heavy atom. The zero-order chi connectivity index (χ0) is 14.8. The zero-order valence-corrected chi connectivity index (χ0v) is 12.4. The van der Waals surface area contributed by atoms with Crippen LogP contribution in [0, 0.1) is 5.41 Å². The standard InChI is InChI=1S/C14H20N2O3S/c1-20(18,19)12-4-2-3-11(9-12)13(17)16-10-14(5-6-14)7-8-15/h2-4,9H,5-8,10,15H2,1H3,(H,16,17). The van der Waals surface area contributed by atoms with Crippen molar-refractivity contribution in [1.82, 2.24) is 5.32 Å². The molecule has 5 nitrogen and oxygen atoms in total. The van der Waals surface area contributed by atoms with Crippen molar-refractivity contribution in [3.8, 4) is 0 Å². The SMILES string of the molecule is CS(=O)(=O)c1cccc(C(=O)NCC2(CCN)CC2)c1. The van der Waals surface area contributed by atoms with Crippen molar-refractivity contribution in [1.29, 1.82) is 0 Å². The first-order valence-electron chi connectivity index (χ1n) is 6.65. The van der Waals surface area contributed by atoms with Crippen molar-refractivity contribution in [2.45, 2.75) is 24.2 Å². The summed E-state index contributed by atoms with van der Waals surface area (Å²) in [6, 6.07) is 6.10. The maximum atomic E-state index is 12.1. The number of benzene rings is 1. The molecule has 1 aliphatic carbocycles. The lowest BCUT2D eigenvalue weighted by molar-refractivity contribution is 0.0944. The number of nitrogens with two attached hydrogens (primary N) is 1. The molecule has 2 rings (SSSR count). The van der Waals surface area contributed by atoms with Gasteiger partial charge in [-0.3, -0.25) is 4.79 Å². The van der Waals surface area contributed by atoms with Gasteiger partial charge in [0, 0.05) is 18.4 Å². The molecule has 0 spiro atoms. The minimum absolute atomic E-state index is 0.160. The van der Waals surface area contributed by atoms with Crippen LogP contribution in [0.4, 0.5) is 0 Å². The fourth-order valence-electron chi connectivity index (χ4n) is 2.24. The lowest BCUT2D eigenvalue weighted by atomic mass is 10.0. The van der Waals surface area contributed by atoms with E-state index in [-0.39, 0.29) is 16.2 Å². The van der Waals surface area contributed by atoms with Gasteiger partial charge in [-0.05, 0) is 49.4 Å². The van der Waals surface area contributed by atoms with Gasteiger partial charge in [-0.25, -0.2) is 8.42 Å². The summed E-state index contributed by atoms with van der Waals surface area (Å²) in [7, 11) is -3.29. The van der Waals surface area contributed by atoms with E-state index in [9.17, 15) is 13.2 Å². The largest absolute Gasteiger partial charge is 0.351 e. The number of hydrogen-bond donors (Lipinski definition) is 2. The molecule has 1 saturated carbocycles. The van der Waals surface area contributed by atoms with Crippen LogP contribution >= 0.6 is 0 Å². The van der Waals surface area contributed by atoms with Crippen LogP contribution in [-0.4, -0.2) is 33.7 Å². The van der Waals surface area contributed by atoms with Crippen molar-refractivity contribution in [2.75, 3.05) is 19.3 Å². The van der Waals surface area contributed by atoms with Crippen LogP contribution in [0.2, 0.25) is 0 Å². The van der Waals surface area contributed by atoms with Crippen LogP contribution < -0.4 is 11.1 Å². The summed E-state index contributed by atoms with van der Waals surface area (Å²) in [5, 5.41) is 2.88. The van der Waals surface area contributed by atoms with Crippen LogP contribution in [0.3, 0.4) is 0 Å². The average molecular weight is 296 g/mol. The monoisotopic (exact) mass is 296 g/mol. The van der Waals surface area contributed by atoms with Crippen molar-refractivity contribution in [3.63, 3.8) is 0 Å². The van der Waals surface area contributed by atoms with Crippen LogP contribution in [0.1, 0.15) is 29.6 Å². The van der Waals surface area contributed by atoms with E-state index in [0.29, 0.717) is 18.7 Å². The molecule has 1 amide bonds. The molecule has 0 radical (unpaired) electrons. The highest BCUT2D eigenvalue weighted by Gasteiger charge is 2.41. The van der Waals surface area contributed by atoms with Gasteiger partial charge in [-0.2, -0.15) is 0 Å². The van der Waals surface area contributed by atoms with E-state index in [1.807, 2.05) is 0 Å². The number of amides is 1. The summed E-state index contributed by atoms with van der Waals surface area (Å²) in [6.07, 6.45) is 4.23. The first-order valence-corrected chi connectivity index (χ1v) is 8.54. The first-order chi connectivity index (χ1) is 9.36. The third-order valence-corrected chi connectivity index (χ3v) is 4.89. The van der Waals surface area contributed by atoms with Gasteiger partial charge in [0.1, 0.15) is 0 Å². The third-order valence-electron chi connectivity index (χ3n) is 3.78. The number of hydrogen-bond acceptors (Lipinski definition) is 4. The van der Waals surface area contributed by atoms with E-state index in [4.69, 9.17) is 5.73 Å². The summed E-state index contributed by atoms with van der Waals surface area (Å²) in [4.78, 5) is 12.2. The smallest absolute Gasteiger partial charge is 0.251 e. The van der Waals surface area contributed by atoms with Crippen LogP contribution in [0.5, 0.6) is 0 Å². The summed E-state index contributed by atoms with van der Waals surface area (Å²) in [5.74, 6) is -0.237. The van der Waals surface area contributed by atoms with Crippen molar-refractivity contribution in [2.24, 2.45) is 11.1 Å². The Labute approximate surface area is 119 Å². The van der Waals surface area contributed by atoms with Gasteiger partial charge in [0.25, 0.3) is 5.91 Å². The molecule has 0 aliphatic heterocycles. The molecule has 3 N–H and O–H groups in total. The molecule has 1 aliphatic rings. The van der Waals surface area contributed by atoms with E-state index in [0.717, 1.165) is 25.5 Å². The van der Waals surface area contributed by atoms with Gasteiger partial charge < -0.3 is 11.1 Å². The molecule has 1 aromatic carbocycles. The van der Waals surface area contributed by atoms with Gasteiger partial charge in [0.15, 0.2) is 9.84 Å². The van der Waals surface area contributed by atoms with Crippen LogP contribution in [-0.2, 0) is 9.84 Å². The topological polar surface area (TPSA) is 89.3 Å². The minimum Gasteiger partial charge on any atom is -0.351 e. The molecule has 0 unspecified atom stereocenters. The Balaban J connectivity index is 2.03. The fourth-order valence-corrected chi connectivity index (χ4v) is 2.90. The maximum absolute atomic E-state index is 12.1. The lowest BCUT2D eigenvalue weighted by Crippen LogP contribution is -2.31. The van der Waals surface area contributed by atoms with Crippen LogP contribution in [0.15, 0.2) is 29.2 Å². The average Bonchev–Trinajstić information content (AvgIpc) is 3.16. The molecule has 1 aromatic rings. The Hall–Kier alpha value is -1.40. The molecule has 1 fully saturated rings. The number of nitrogens with one attached hydrogen (secondary N) is 1. The van der Waals surface area contributed by atoms with Crippen molar-refractivity contribution in [3.05, 3.63) is 29.8 Å². The molecule has 0 heterocycles. The van der Waals surface area contributed by atoms with E-state index < -0.39 is 9.84 Å². The Bertz CT molecular complexity index is 607. The normalized spacial score (nSPS) is 16.7. The second-order valence-electron chi connectivity index (χ2n) is 5.52. The maximum Gasteiger partial charge on any atom is 0.251 e. The van der Waals surface area contributed by atoms with Gasteiger partial charge in [-0.15, -0.1) is 0 Å². The van der Waals surface area contributed by atoms with Gasteiger partial charge in [-0.1, -0.05) is 6.07 Å². The zero-order valence-electron chi connectivity index (χ0n) is 11.6. The van der Waals surface area contributed by atoms with E-state index in [1.54, 1.807) is 12.1 Å². The van der Waals surface area contributed by atoms with Crippen molar-refractivity contribution < 1.29 is 13.2 Å². The Morgan fingerprint density at radius 3 is 2.65 bits per heavy atom. The molecule has 0 atom stereocenters. The predicted octanol–water partition coefficient (Wildman–Crippen LogP) is 0.949. The predicted molar refractivity (Wildman–Crippen MR) is 77.2 cm³/mol. The van der Waals surface area contributed by atoms with Crippen molar-refractivity contribution >= 4 is 15.7 Å². The van der Waals surface area contributed by atoms with Gasteiger partial charge in [0.05, 0.1) is 4.90 Å². The Kier molecular flexibility index (Phi) is 4.15. The quantitative estimate of drug-likeness (QED) is 0.818. The van der Waals surface area contributed by atoms with Gasteiger partial charge in [0.2, 0.25) is 0 Å². The molecule has 20 heavy (non-hydrogen) atoms. The molecule has 0 bridgehead atoms. The van der Waals surface area contributed by atoms with E-state index in [1.165, 1.54) is 12.1 Å². The second-order valence-corrected chi connectivity index (χ2v) is 7.54. The highest BCUT2D eigenvalue weighted by molar-refractivity contribution is 7.90. The molecule has 110 valence electrons. The number of carbonyl (C=O) groups is 1. The lowest BCUT2D eigenvalue weighted by Gasteiger charge is -2.15. The fraction of sp³-hybridized carbons (Fsp3) is 0.500. The summed E-state index contributed by atoms with van der Waals surface area (Å²) < 4.78 is 22.9. The number of sulfone groups is 1. The summed E-state index contributed by atoms with van der Waals surface area (Å²) in [5.41, 5.74) is 6.10. The molecular weight excluding hydrogens is 276 g/mol. The number of carbonyl (C=O) groups excluding carboxylic acids is 1. The Morgan fingerprint density at radius 2 is 2.10 bits per heavy atom. The minimum atomic E-state index is -3.29. The van der Waals surface area contributed by atoms with Gasteiger partial charge >= 0.3 is 0 Å². The molecular formula is C14H20N2O3S. The highest BCUT2D eigenvalue weighted by Crippen LogP contribution is 2.47. The summed E-state index contributed by atoms with van der Waals surface area (Å²) in [6.45, 7) is 1.23. The molecule has 6 heteroatoms. The van der Waals surface area contributed by atoms with E-state index >= 15 is 0 Å². The third kappa shape index (κ3) is 3.58. The molecule has 0 saturated heterocycles. The highest BCUT2D eigenvalue weighted by atomic mass is 32.2. The molecule has 0 aromatic heterocycles. The number of rotatable bonds is 6. The van der Waals surface area contributed by atoms with Crippen LogP contribution in [0.25, 0.3) is 0 Å². The van der Waals surface area contributed by atoms with E-state index in [2.05, 4.69) is 5.32 Å². The second kappa shape index (κ2) is 5.54. The first kappa shape index (κ1) is 15.0.